The van der Waals surface area contributed by atoms with Crippen LogP contribution in [0.3, 0.4) is 0 Å². The molecule has 2 heteroatoms. The van der Waals surface area contributed by atoms with Gasteiger partial charge in [0.1, 0.15) is 0 Å². The van der Waals surface area contributed by atoms with Crippen molar-refractivity contribution in [1.82, 2.24) is 4.90 Å². The summed E-state index contributed by atoms with van der Waals surface area (Å²) in [4.78, 5) is 2.64. The molecular weight excluding hydrogens is 172 g/mol. The molecule has 2 N–H and O–H groups in total. The fourth-order valence-electron chi connectivity index (χ4n) is 2.67. The maximum Gasteiger partial charge on any atom is 0.00889 e. The molecule has 2 rings (SSSR count). The van der Waals surface area contributed by atoms with E-state index in [2.05, 4.69) is 18.7 Å². The lowest BCUT2D eigenvalue weighted by Gasteiger charge is -2.37. The number of nitrogens with zero attached hydrogens (tertiary/aromatic N) is 1. The zero-order chi connectivity index (χ0) is 10.2. The van der Waals surface area contributed by atoms with Gasteiger partial charge >= 0.3 is 0 Å². The lowest BCUT2D eigenvalue weighted by molar-refractivity contribution is 0.135. The largest absolute Gasteiger partial charge is 0.327 e. The Labute approximate surface area is 87.8 Å². The average molecular weight is 196 g/mol. The monoisotopic (exact) mass is 196 g/mol. The third-order valence-electron chi connectivity index (χ3n) is 4.32. The van der Waals surface area contributed by atoms with Gasteiger partial charge < -0.3 is 10.6 Å². The Kier molecular flexibility index (Phi) is 2.85. The van der Waals surface area contributed by atoms with E-state index in [4.69, 9.17) is 5.73 Å². The van der Waals surface area contributed by atoms with Crippen LogP contribution >= 0.6 is 0 Å². The average Bonchev–Trinajstić information content (AvgIpc) is 2.93. The van der Waals surface area contributed by atoms with Gasteiger partial charge in [-0.1, -0.05) is 13.8 Å². The molecular formula is C12H24N2. The minimum atomic E-state index is 0.447. The van der Waals surface area contributed by atoms with Crippen LogP contribution in [0.4, 0.5) is 0 Å². The van der Waals surface area contributed by atoms with Crippen molar-refractivity contribution >= 4 is 0 Å². The van der Waals surface area contributed by atoms with E-state index in [1.807, 2.05) is 0 Å². The Balaban J connectivity index is 1.82. The first-order valence-electron chi connectivity index (χ1n) is 6.13. The van der Waals surface area contributed by atoms with Gasteiger partial charge in [0, 0.05) is 19.1 Å². The summed E-state index contributed by atoms with van der Waals surface area (Å²) in [6, 6.07) is 0.447. The van der Waals surface area contributed by atoms with Gasteiger partial charge in [-0.25, -0.2) is 0 Å². The molecule has 0 aromatic rings. The summed E-state index contributed by atoms with van der Waals surface area (Å²) in [5, 5.41) is 0. The fraction of sp³-hybridized carbons (Fsp3) is 1.00. The number of nitrogens with two attached hydrogens (primary N) is 1. The Morgan fingerprint density at radius 2 is 2.14 bits per heavy atom. The molecule has 1 saturated carbocycles. The predicted molar refractivity (Wildman–Crippen MR) is 60.2 cm³/mol. The lowest BCUT2D eigenvalue weighted by atomic mass is 9.93. The van der Waals surface area contributed by atoms with Crippen LogP contribution in [0.25, 0.3) is 0 Å². The highest BCUT2D eigenvalue weighted by Crippen LogP contribution is 2.49. The summed E-state index contributed by atoms with van der Waals surface area (Å²) in [6.07, 6.45) is 5.48. The van der Waals surface area contributed by atoms with E-state index in [-0.39, 0.29) is 0 Å². The van der Waals surface area contributed by atoms with Gasteiger partial charge in [-0.3, -0.25) is 0 Å². The summed E-state index contributed by atoms with van der Waals surface area (Å²) in [5.41, 5.74) is 6.74. The first-order valence-corrected chi connectivity index (χ1v) is 6.13. The maximum absolute atomic E-state index is 6.03. The SMILES string of the molecule is CCC1(CN2CCC(N)C(C)C2)CC1. The van der Waals surface area contributed by atoms with E-state index < -0.39 is 0 Å². The topological polar surface area (TPSA) is 29.3 Å². The number of rotatable bonds is 3. The van der Waals surface area contributed by atoms with Crippen molar-refractivity contribution in [1.29, 1.82) is 0 Å². The molecule has 0 spiro atoms. The standard InChI is InChI=1S/C12H24N2/c1-3-12(5-6-12)9-14-7-4-11(13)10(2)8-14/h10-11H,3-9,13H2,1-2H3. The summed E-state index contributed by atoms with van der Waals surface area (Å²) >= 11 is 0. The highest BCUT2D eigenvalue weighted by Gasteiger charge is 2.42. The highest BCUT2D eigenvalue weighted by molar-refractivity contribution is 4.95. The molecule has 2 nitrogen and oxygen atoms in total. The molecule has 0 amide bonds. The van der Waals surface area contributed by atoms with Gasteiger partial charge in [-0.2, -0.15) is 0 Å². The molecule has 2 fully saturated rings. The molecule has 0 bridgehead atoms. The van der Waals surface area contributed by atoms with Crippen molar-refractivity contribution in [3.63, 3.8) is 0 Å². The van der Waals surface area contributed by atoms with E-state index in [1.165, 1.54) is 45.3 Å². The minimum Gasteiger partial charge on any atom is -0.327 e. The van der Waals surface area contributed by atoms with Crippen molar-refractivity contribution in [2.75, 3.05) is 19.6 Å². The van der Waals surface area contributed by atoms with Crippen molar-refractivity contribution in [2.45, 2.75) is 45.6 Å². The molecule has 14 heavy (non-hydrogen) atoms. The lowest BCUT2D eigenvalue weighted by Crippen LogP contribution is -2.47. The van der Waals surface area contributed by atoms with Crippen molar-refractivity contribution in [2.24, 2.45) is 17.1 Å². The predicted octanol–water partition coefficient (Wildman–Crippen LogP) is 1.85. The second-order valence-corrected chi connectivity index (χ2v) is 5.52. The molecule has 0 aromatic heterocycles. The van der Waals surface area contributed by atoms with E-state index >= 15 is 0 Å². The first kappa shape index (κ1) is 10.4. The van der Waals surface area contributed by atoms with Gasteiger partial charge in [0.25, 0.3) is 0 Å². The van der Waals surface area contributed by atoms with Crippen LogP contribution in [-0.4, -0.2) is 30.6 Å². The normalized spacial score (nSPS) is 37.1. The molecule has 1 heterocycles. The van der Waals surface area contributed by atoms with Crippen LogP contribution in [0.1, 0.15) is 39.5 Å². The molecule has 0 aromatic carbocycles. The first-order chi connectivity index (χ1) is 6.65. The Hall–Kier alpha value is -0.0800. The second-order valence-electron chi connectivity index (χ2n) is 5.52. The van der Waals surface area contributed by atoms with E-state index in [1.54, 1.807) is 0 Å². The van der Waals surface area contributed by atoms with Crippen LogP contribution in [0, 0.1) is 11.3 Å². The Bertz CT molecular complexity index is 198. The van der Waals surface area contributed by atoms with Crippen molar-refractivity contribution in [3.8, 4) is 0 Å². The minimum absolute atomic E-state index is 0.447. The van der Waals surface area contributed by atoms with Crippen LogP contribution in [0.15, 0.2) is 0 Å². The molecule has 0 radical (unpaired) electrons. The van der Waals surface area contributed by atoms with Crippen LogP contribution in [0.5, 0.6) is 0 Å². The molecule has 1 aliphatic heterocycles. The van der Waals surface area contributed by atoms with Gasteiger partial charge in [0.05, 0.1) is 0 Å². The Morgan fingerprint density at radius 3 is 2.64 bits per heavy atom. The third-order valence-corrected chi connectivity index (χ3v) is 4.32. The smallest absolute Gasteiger partial charge is 0.00889 e. The van der Waals surface area contributed by atoms with Gasteiger partial charge in [0.15, 0.2) is 0 Å². The number of hydrogen-bond acceptors (Lipinski definition) is 2. The van der Waals surface area contributed by atoms with E-state index in [0.717, 1.165) is 0 Å². The van der Waals surface area contributed by atoms with E-state index in [9.17, 15) is 0 Å². The van der Waals surface area contributed by atoms with Crippen LogP contribution in [0.2, 0.25) is 0 Å². The molecule has 2 aliphatic rings. The summed E-state index contributed by atoms with van der Waals surface area (Å²) < 4.78 is 0. The zero-order valence-corrected chi connectivity index (χ0v) is 9.63. The van der Waals surface area contributed by atoms with Gasteiger partial charge in [0.2, 0.25) is 0 Å². The Morgan fingerprint density at radius 1 is 1.43 bits per heavy atom. The molecule has 1 saturated heterocycles. The highest BCUT2D eigenvalue weighted by atomic mass is 15.2. The molecule has 2 unspecified atom stereocenters. The fourth-order valence-corrected chi connectivity index (χ4v) is 2.67. The quantitative estimate of drug-likeness (QED) is 0.746. The summed E-state index contributed by atoms with van der Waals surface area (Å²) in [7, 11) is 0. The third kappa shape index (κ3) is 2.12. The number of likely N-dealkylation sites (tertiary alicyclic amines) is 1. The number of piperidine rings is 1. The van der Waals surface area contributed by atoms with Gasteiger partial charge in [-0.15, -0.1) is 0 Å². The molecule has 1 aliphatic carbocycles. The van der Waals surface area contributed by atoms with E-state index in [0.29, 0.717) is 17.4 Å². The van der Waals surface area contributed by atoms with Gasteiger partial charge in [-0.05, 0) is 43.6 Å². The summed E-state index contributed by atoms with van der Waals surface area (Å²) in [6.45, 7) is 8.42. The number of hydrogen-bond donors (Lipinski definition) is 1. The molecule has 82 valence electrons. The van der Waals surface area contributed by atoms with Crippen molar-refractivity contribution < 1.29 is 0 Å². The van der Waals surface area contributed by atoms with Crippen LogP contribution < -0.4 is 5.73 Å². The zero-order valence-electron chi connectivity index (χ0n) is 9.63. The molecule has 2 atom stereocenters. The maximum atomic E-state index is 6.03. The second kappa shape index (κ2) is 3.82. The van der Waals surface area contributed by atoms with Crippen LogP contribution in [-0.2, 0) is 0 Å². The summed E-state index contributed by atoms with van der Waals surface area (Å²) in [5.74, 6) is 0.691. The van der Waals surface area contributed by atoms with Crippen molar-refractivity contribution in [3.05, 3.63) is 0 Å².